The molecule has 0 aliphatic carbocycles. The average molecular weight is 302 g/mol. The summed E-state index contributed by atoms with van der Waals surface area (Å²) in [5.41, 5.74) is 2.88. The standard InChI is InChI=1S/C17H22N2OS/c1-12-7-8-13(2)14(10-12)17(20)18-11-15(19(3)4)16-6-5-9-21-16/h5-10,15H,11H2,1-4H3,(H,18,20). The average Bonchev–Trinajstić information content (AvgIpc) is 2.95. The van der Waals surface area contributed by atoms with Crippen molar-refractivity contribution < 1.29 is 4.79 Å². The third kappa shape index (κ3) is 3.93. The van der Waals surface area contributed by atoms with E-state index >= 15 is 0 Å². The Balaban J connectivity index is 2.07. The first kappa shape index (κ1) is 15.7. The number of carbonyl (C=O) groups excluding carboxylic acids is 1. The SMILES string of the molecule is Cc1ccc(C)c(C(=O)NCC(c2cccs2)N(C)C)c1. The van der Waals surface area contributed by atoms with Crippen LogP contribution in [0, 0.1) is 13.8 Å². The molecule has 1 amide bonds. The lowest BCUT2D eigenvalue weighted by Gasteiger charge is -2.23. The fourth-order valence-corrected chi connectivity index (χ4v) is 3.21. The molecular formula is C17H22N2OS. The van der Waals surface area contributed by atoms with E-state index in [1.165, 1.54) is 4.88 Å². The Bertz CT molecular complexity index is 605. The van der Waals surface area contributed by atoms with E-state index < -0.39 is 0 Å². The molecule has 0 aliphatic rings. The molecule has 112 valence electrons. The van der Waals surface area contributed by atoms with Gasteiger partial charge in [0.25, 0.3) is 5.91 Å². The highest BCUT2D eigenvalue weighted by molar-refractivity contribution is 7.10. The minimum Gasteiger partial charge on any atom is -0.350 e. The van der Waals surface area contributed by atoms with Crippen molar-refractivity contribution in [1.82, 2.24) is 10.2 Å². The van der Waals surface area contributed by atoms with Crippen LogP contribution in [0.4, 0.5) is 0 Å². The first-order valence-corrected chi connectivity index (χ1v) is 7.92. The second kappa shape index (κ2) is 6.87. The van der Waals surface area contributed by atoms with Gasteiger partial charge in [-0.25, -0.2) is 0 Å². The van der Waals surface area contributed by atoms with Gasteiger partial charge in [0, 0.05) is 17.0 Å². The normalized spacial score (nSPS) is 12.4. The smallest absolute Gasteiger partial charge is 0.251 e. The summed E-state index contributed by atoms with van der Waals surface area (Å²) in [4.78, 5) is 15.8. The van der Waals surface area contributed by atoms with Crippen molar-refractivity contribution in [2.45, 2.75) is 19.9 Å². The van der Waals surface area contributed by atoms with Crippen LogP contribution in [0.2, 0.25) is 0 Å². The molecule has 0 spiro atoms. The van der Waals surface area contributed by atoms with Crippen LogP contribution in [0.1, 0.15) is 32.4 Å². The number of thiophene rings is 1. The third-order valence-corrected chi connectivity index (χ3v) is 4.56. The summed E-state index contributed by atoms with van der Waals surface area (Å²) >= 11 is 1.72. The van der Waals surface area contributed by atoms with Gasteiger partial charge in [0.1, 0.15) is 0 Å². The second-order valence-electron chi connectivity index (χ2n) is 5.52. The number of rotatable bonds is 5. The van der Waals surface area contributed by atoms with Crippen LogP contribution in [-0.4, -0.2) is 31.4 Å². The van der Waals surface area contributed by atoms with Gasteiger partial charge in [0.2, 0.25) is 0 Å². The maximum Gasteiger partial charge on any atom is 0.251 e. The van der Waals surface area contributed by atoms with Crippen LogP contribution in [0.15, 0.2) is 35.7 Å². The molecule has 0 saturated heterocycles. The highest BCUT2D eigenvalue weighted by atomic mass is 32.1. The molecule has 1 atom stereocenters. The Morgan fingerprint density at radius 2 is 2.05 bits per heavy atom. The van der Waals surface area contributed by atoms with Crippen LogP contribution < -0.4 is 5.32 Å². The maximum absolute atomic E-state index is 12.4. The van der Waals surface area contributed by atoms with Crippen molar-refractivity contribution in [1.29, 1.82) is 0 Å². The summed E-state index contributed by atoms with van der Waals surface area (Å²) < 4.78 is 0. The summed E-state index contributed by atoms with van der Waals surface area (Å²) in [5, 5.41) is 5.13. The highest BCUT2D eigenvalue weighted by Crippen LogP contribution is 2.22. The first-order chi connectivity index (χ1) is 9.99. The molecule has 1 N–H and O–H groups in total. The molecule has 0 radical (unpaired) electrons. The molecule has 0 saturated carbocycles. The van der Waals surface area contributed by atoms with E-state index in [1.54, 1.807) is 11.3 Å². The number of nitrogens with zero attached hydrogens (tertiary/aromatic N) is 1. The highest BCUT2D eigenvalue weighted by Gasteiger charge is 2.17. The Hall–Kier alpha value is -1.65. The van der Waals surface area contributed by atoms with Gasteiger partial charge in [-0.05, 0) is 51.0 Å². The molecule has 1 unspecified atom stereocenters. The van der Waals surface area contributed by atoms with E-state index in [1.807, 2.05) is 52.2 Å². The van der Waals surface area contributed by atoms with E-state index in [9.17, 15) is 4.79 Å². The predicted octanol–water partition coefficient (Wildman–Crippen LogP) is 3.40. The van der Waals surface area contributed by atoms with Gasteiger partial charge >= 0.3 is 0 Å². The van der Waals surface area contributed by atoms with Crippen LogP contribution >= 0.6 is 11.3 Å². The fourth-order valence-electron chi connectivity index (χ4n) is 2.28. The number of hydrogen-bond donors (Lipinski definition) is 1. The summed E-state index contributed by atoms with van der Waals surface area (Å²) in [6.45, 7) is 4.58. The molecule has 0 aliphatic heterocycles. The predicted molar refractivity (Wildman–Crippen MR) is 89.0 cm³/mol. The van der Waals surface area contributed by atoms with Gasteiger partial charge in [-0.15, -0.1) is 11.3 Å². The van der Waals surface area contributed by atoms with Gasteiger partial charge < -0.3 is 10.2 Å². The molecule has 2 aromatic rings. The molecular weight excluding hydrogens is 280 g/mol. The molecule has 3 nitrogen and oxygen atoms in total. The van der Waals surface area contributed by atoms with Gasteiger partial charge in [-0.1, -0.05) is 23.8 Å². The molecule has 1 aromatic heterocycles. The number of nitrogens with one attached hydrogen (secondary N) is 1. The molecule has 4 heteroatoms. The fraction of sp³-hybridized carbons (Fsp3) is 0.353. The van der Waals surface area contributed by atoms with E-state index in [4.69, 9.17) is 0 Å². The Morgan fingerprint density at radius 3 is 2.67 bits per heavy atom. The van der Waals surface area contributed by atoms with Gasteiger partial charge in [-0.3, -0.25) is 4.79 Å². The summed E-state index contributed by atoms with van der Waals surface area (Å²) in [6.07, 6.45) is 0. The molecule has 2 rings (SSSR count). The number of likely N-dealkylation sites (N-methyl/N-ethyl adjacent to an activating group) is 1. The third-order valence-electron chi connectivity index (χ3n) is 3.59. The summed E-state index contributed by atoms with van der Waals surface area (Å²) in [5.74, 6) is -0.000365. The minimum absolute atomic E-state index is 0.000365. The first-order valence-electron chi connectivity index (χ1n) is 7.04. The lowest BCUT2D eigenvalue weighted by Crippen LogP contribution is -2.34. The van der Waals surface area contributed by atoms with E-state index in [2.05, 4.69) is 21.7 Å². The largest absolute Gasteiger partial charge is 0.350 e. The zero-order chi connectivity index (χ0) is 15.4. The molecule has 0 fully saturated rings. The van der Waals surface area contributed by atoms with Crippen LogP contribution in [0.25, 0.3) is 0 Å². The van der Waals surface area contributed by atoms with Crippen molar-refractivity contribution in [2.24, 2.45) is 0 Å². The van der Waals surface area contributed by atoms with Crippen molar-refractivity contribution in [3.05, 3.63) is 57.3 Å². The number of aryl methyl sites for hydroxylation is 2. The van der Waals surface area contributed by atoms with E-state index in [0.29, 0.717) is 6.54 Å². The molecule has 1 aromatic carbocycles. The van der Waals surface area contributed by atoms with Crippen molar-refractivity contribution in [3.8, 4) is 0 Å². The zero-order valence-corrected chi connectivity index (χ0v) is 13.8. The minimum atomic E-state index is -0.000365. The number of benzene rings is 1. The zero-order valence-electron chi connectivity index (χ0n) is 13.0. The molecule has 21 heavy (non-hydrogen) atoms. The van der Waals surface area contributed by atoms with Crippen molar-refractivity contribution in [2.75, 3.05) is 20.6 Å². The van der Waals surface area contributed by atoms with Crippen LogP contribution in [0.3, 0.4) is 0 Å². The molecule has 1 heterocycles. The maximum atomic E-state index is 12.4. The number of amides is 1. The van der Waals surface area contributed by atoms with Gasteiger partial charge in [0.05, 0.1) is 6.04 Å². The lowest BCUT2D eigenvalue weighted by atomic mass is 10.0. The van der Waals surface area contributed by atoms with Crippen molar-refractivity contribution in [3.63, 3.8) is 0 Å². The quantitative estimate of drug-likeness (QED) is 0.918. The van der Waals surface area contributed by atoms with Crippen molar-refractivity contribution >= 4 is 17.2 Å². The summed E-state index contributed by atoms with van der Waals surface area (Å²) in [6, 6.07) is 10.3. The number of carbonyl (C=O) groups is 1. The number of hydrogen-bond acceptors (Lipinski definition) is 3. The van der Waals surface area contributed by atoms with E-state index in [-0.39, 0.29) is 11.9 Å². The Kier molecular flexibility index (Phi) is 5.15. The second-order valence-corrected chi connectivity index (χ2v) is 6.50. The lowest BCUT2D eigenvalue weighted by molar-refractivity contribution is 0.0941. The van der Waals surface area contributed by atoms with E-state index in [0.717, 1.165) is 16.7 Å². The Labute approximate surface area is 130 Å². The van der Waals surface area contributed by atoms with Crippen LogP contribution in [-0.2, 0) is 0 Å². The Morgan fingerprint density at radius 1 is 1.29 bits per heavy atom. The summed E-state index contributed by atoms with van der Waals surface area (Å²) in [7, 11) is 4.07. The van der Waals surface area contributed by atoms with Crippen LogP contribution in [0.5, 0.6) is 0 Å². The van der Waals surface area contributed by atoms with Gasteiger partial charge in [0.15, 0.2) is 0 Å². The molecule has 0 bridgehead atoms. The topological polar surface area (TPSA) is 32.3 Å². The monoisotopic (exact) mass is 302 g/mol. The van der Waals surface area contributed by atoms with Gasteiger partial charge in [-0.2, -0.15) is 0 Å².